The second-order valence-electron chi connectivity index (χ2n) is 2.35. The Balaban J connectivity index is 2.61. The molecule has 0 amide bonds. The molecule has 0 aliphatic heterocycles. The van der Waals surface area contributed by atoms with Crippen LogP contribution in [0.25, 0.3) is 0 Å². The second-order valence-corrected chi connectivity index (χ2v) is 4.42. The van der Waals surface area contributed by atoms with E-state index in [0.717, 1.165) is 5.08 Å². The number of thioether (sulfide) groups is 1. The minimum absolute atomic E-state index is 0.564. The van der Waals surface area contributed by atoms with Gasteiger partial charge in [-0.25, -0.2) is 0 Å². The first kappa shape index (κ1) is 9.01. The monoisotopic (exact) mass is 184 g/mol. The van der Waals surface area contributed by atoms with Gasteiger partial charge in [0, 0.05) is 10.3 Å². The van der Waals surface area contributed by atoms with Gasteiger partial charge in [-0.1, -0.05) is 30.3 Å². The molecule has 0 nitrogen and oxygen atoms in total. The van der Waals surface area contributed by atoms with Crippen LogP contribution in [0.15, 0.2) is 30.3 Å². The van der Waals surface area contributed by atoms with Crippen molar-refractivity contribution >= 4 is 24.4 Å². The first-order chi connectivity index (χ1) is 5.34. The van der Waals surface area contributed by atoms with E-state index in [0.29, 0.717) is 5.25 Å². The quantitative estimate of drug-likeness (QED) is 0.555. The summed E-state index contributed by atoms with van der Waals surface area (Å²) in [6.07, 6.45) is 0. The van der Waals surface area contributed by atoms with Crippen LogP contribution in [-0.2, 0) is 0 Å². The van der Waals surface area contributed by atoms with Crippen LogP contribution in [0.2, 0.25) is 0 Å². The highest BCUT2D eigenvalue weighted by atomic mass is 32.2. The first-order valence-electron chi connectivity index (χ1n) is 3.62. The second kappa shape index (κ2) is 4.73. The standard InChI is InChI=1S/C9H12S2/c1-8(11-7-10)9-5-3-2-4-6-9/h2-6,8,10H,7H2,1H3. The Morgan fingerprint density at radius 3 is 2.55 bits per heavy atom. The summed E-state index contributed by atoms with van der Waals surface area (Å²) in [5.74, 6) is 0. The molecule has 1 atom stereocenters. The summed E-state index contributed by atoms with van der Waals surface area (Å²) < 4.78 is 0. The summed E-state index contributed by atoms with van der Waals surface area (Å²) in [5.41, 5.74) is 1.38. The zero-order valence-electron chi connectivity index (χ0n) is 6.53. The van der Waals surface area contributed by atoms with Crippen molar-refractivity contribution in [2.45, 2.75) is 12.2 Å². The maximum Gasteiger partial charge on any atom is 0.0367 e. The molecular weight excluding hydrogens is 172 g/mol. The van der Waals surface area contributed by atoms with E-state index in [1.54, 1.807) is 0 Å². The van der Waals surface area contributed by atoms with Crippen molar-refractivity contribution < 1.29 is 0 Å². The molecule has 0 heterocycles. The number of rotatable bonds is 3. The van der Waals surface area contributed by atoms with Gasteiger partial charge in [-0.15, -0.1) is 11.8 Å². The fourth-order valence-electron chi connectivity index (χ4n) is 0.932. The van der Waals surface area contributed by atoms with Crippen LogP contribution in [0.3, 0.4) is 0 Å². The van der Waals surface area contributed by atoms with E-state index in [2.05, 4.69) is 43.8 Å². The summed E-state index contributed by atoms with van der Waals surface area (Å²) in [6, 6.07) is 10.5. The topological polar surface area (TPSA) is 0 Å². The summed E-state index contributed by atoms with van der Waals surface area (Å²) >= 11 is 6.02. The van der Waals surface area contributed by atoms with Gasteiger partial charge in [0.2, 0.25) is 0 Å². The zero-order chi connectivity index (χ0) is 8.10. The van der Waals surface area contributed by atoms with Gasteiger partial charge in [-0.3, -0.25) is 0 Å². The van der Waals surface area contributed by atoms with Crippen LogP contribution in [0.1, 0.15) is 17.7 Å². The van der Waals surface area contributed by atoms with Crippen molar-refractivity contribution in [1.82, 2.24) is 0 Å². The molecule has 0 N–H and O–H groups in total. The molecule has 60 valence electrons. The Morgan fingerprint density at radius 1 is 1.36 bits per heavy atom. The van der Waals surface area contributed by atoms with Crippen molar-refractivity contribution in [3.05, 3.63) is 35.9 Å². The summed E-state index contributed by atoms with van der Waals surface area (Å²) in [4.78, 5) is 0. The van der Waals surface area contributed by atoms with Gasteiger partial charge in [0.15, 0.2) is 0 Å². The molecule has 0 aliphatic rings. The molecule has 0 fully saturated rings. The van der Waals surface area contributed by atoms with E-state index >= 15 is 0 Å². The Morgan fingerprint density at radius 2 is 2.00 bits per heavy atom. The van der Waals surface area contributed by atoms with Gasteiger partial charge in [0.1, 0.15) is 0 Å². The molecule has 0 aromatic heterocycles. The van der Waals surface area contributed by atoms with Crippen molar-refractivity contribution in [1.29, 1.82) is 0 Å². The molecule has 0 radical (unpaired) electrons. The average molecular weight is 184 g/mol. The maximum atomic E-state index is 4.17. The Labute approximate surface area is 77.8 Å². The highest BCUT2D eigenvalue weighted by Gasteiger charge is 2.01. The molecule has 0 bridgehead atoms. The lowest BCUT2D eigenvalue weighted by Crippen LogP contribution is -1.86. The molecule has 2 heteroatoms. The van der Waals surface area contributed by atoms with Gasteiger partial charge in [-0.05, 0) is 12.5 Å². The predicted octanol–water partition coefficient (Wildman–Crippen LogP) is 3.37. The van der Waals surface area contributed by atoms with E-state index in [1.165, 1.54) is 5.56 Å². The van der Waals surface area contributed by atoms with E-state index in [9.17, 15) is 0 Å². The number of benzene rings is 1. The van der Waals surface area contributed by atoms with Crippen LogP contribution >= 0.6 is 24.4 Å². The summed E-state index contributed by atoms with van der Waals surface area (Å²) in [7, 11) is 0. The summed E-state index contributed by atoms with van der Waals surface area (Å²) in [6.45, 7) is 2.20. The van der Waals surface area contributed by atoms with Gasteiger partial charge >= 0.3 is 0 Å². The van der Waals surface area contributed by atoms with Crippen LogP contribution in [0.4, 0.5) is 0 Å². The van der Waals surface area contributed by atoms with Gasteiger partial charge in [0.05, 0.1) is 0 Å². The largest absolute Gasteiger partial charge is 0.168 e. The highest BCUT2D eigenvalue weighted by molar-refractivity contribution is 8.09. The number of hydrogen-bond donors (Lipinski definition) is 1. The molecule has 1 unspecified atom stereocenters. The van der Waals surface area contributed by atoms with Crippen LogP contribution in [0.5, 0.6) is 0 Å². The minimum atomic E-state index is 0.564. The lowest BCUT2D eigenvalue weighted by Gasteiger charge is -2.08. The third kappa shape index (κ3) is 2.80. The lowest BCUT2D eigenvalue weighted by atomic mass is 10.2. The molecule has 0 saturated heterocycles. The predicted molar refractivity (Wildman–Crippen MR) is 56.3 cm³/mol. The molecule has 1 aromatic rings. The maximum absolute atomic E-state index is 4.17. The van der Waals surface area contributed by atoms with E-state index in [4.69, 9.17) is 0 Å². The fraction of sp³-hybridized carbons (Fsp3) is 0.333. The first-order valence-corrected chi connectivity index (χ1v) is 5.30. The zero-order valence-corrected chi connectivity index (χ0v) is 8.24. The van der Waals surface area contributed by atoms with Crippen molar-refractivity contribution in [2.24, 2.45) is 0 Å². The molecule has 1 aromatic carbocycles. The number of thiol groups is 1. The van der Waals surface area contributed by atoms with Gasteiger partial charge in [0.25, 0.3) is 0 Å². The molecule has 11 heavy (non-hydrogen) atoms. The van der Waals surface area contributed by atoms with Crippen LogP contribution in [-0.4, -0.2) is 5.08 Å². The van der Waals surface area contributed by atoms with E-state index in [-0.39, 0.29) is 0 Å². The SMILES string of the molecule is CC(SCS)c1ccccc1. The Kier molecular flexibility index (Phi) is 3.87. The Bertz CT molecular complexity index is 196. The van der Waals surface area contributed by atoms with E-state index in [1.807, 2.05) is 17.8 Å². The smallest absolute Gasteiger partial charge is 0.0367 e. The third-order valence-electron chi connectivity index (χ3n) is 1.59. The number of hydrogen-bond acceptors (Lipinski definition) is 2. The highest BCUT2D eigenvalue weighted by Crippen LogP contribution is 2.27. The summed E-state index contributed by atoms with van der Waals surface area (Å²) in [5, 5.41) is 1.45. The van der Waals surface area contributed by atoms with Crippen LogP contribution in [0, 0.1) is 0 Å². The van der Waals surface area contributed by atoms with Gasteiger partial charge in [-0.2, -0.15) is 12.6 Å². The molecule has 1 rings (SSSR count). The van der Waals surface area contributed by atoms with Crippen molar-refractivity contribution in [3.8, 4) is 0 Å². The van der Waals surface area contributed by atoms with Crippen LogP contribution < -0.4 is 0 Å². The third-order valence-corrected chi connectivity index (χ3v) is 2.96. The normalized spacial score (nSPS) is 12.9. The minimum Gasteiger partial charge on any atom is -0.168 e. The molecule has 0 saturated carbocycles. The fourth-order valence-corrected chi connectivity index (χ4v) is 2.18. The van der Waals surface area contributed by atoms with E-state index < -0.39 is 0 Å². The van der Waals surface area contributed by atoms with Crippen molar-refractivity contribution in [2.75, 3.05) is 5.08 Å². The molecule has 0 aliphatic carbocycles. The van der Waals surface area contributed by atoms with Crippen molar-refractivity contribution in [3.63, 3.8) is 0 Å². The van der Waals surface area contributed by atoms with Gasteiger partial charge < -0.3 is 0 Å². The lowest BCUT2D eigenvalue weighted by molar-refractivity contribution is 1.10. The average Bonchev–Trinajstić information content (AvgIpc) is 2.07. The Hall–Kier alpha value is -0.0800. The molecule has 0 spiro atoms. The molecular formula is C9H12S2.